The minimum Gasteiger partial charge on any atom is -0.480 e. The normalized spacial score (nSPS) is 13.1. The molecule has 0 aliphatic carbocycles. The van der Waals surface area contributed by atoms with Crippen LogP contribution < -0.4 is 10.6 Å². The number of carbonyl (C=O) groups is 4. The monoisotopic (exact) mass is 503 g/mol. The number of rotatable bonds is 12. The van der Waals surface area contributed by atoms with Crippen molar-refractivity contribution in [2.75, 3.05) is 6.61 Å². The number of nitrogens with zero attached hydrogens (tertiary/aromatic N) is 1. The van der Waals surface area contributed by atoms with E-state index in [1.165, 1.54) is 37.3 Å². The van der Waals surface area contributed by atoms with E-state index in [2.05, 4.69) is 10.6 Å². The zero-order chi connectivity index (χ0) is 26.8. The molecule has 11 nitrogen and oxygen atoms in total. The van der Waals surface area contributed by atoms with Gasteiger partial charge < -0.3 is 20.5 Å². The number of ether oxygens (including phenoxy) is 1. The van der Waals surface area contributed by atoms with Crippen LogP contribution in [-0.2, 0) is 30.3 Å². The van der Waals surface area contributed by atoms with E-state index in [-0.39, 0.29) is 24.3 Å². The van der Waals surface area contributed by atoms with Crippen molar-refractivity contribution in [3.8, 4) is 0 Å². The Bertz CT molecular complexity index is 1120. The van der Waals surface area contributed by atoms with Gasteiger partial charge in [-0.1, -0.05) is 24.3 Å². The van der Waals surface area contributed by atoms with Crippen LogP contribution in [0.2, 0.25) is 0 Å². The van der Waals surface area contributed by atoms with E-state index in [4.69, 9.17) is 4.74 Å². The Morgan fingerprint density at radius 3 is 2.31 bits per heavy atom. The molecular formula is C24H26FN3O8. The Kier molecular flexibility index (Phi) is 10.0. The van der Waals surface area contributed by atoms with Crippen LogP contribution in [0.1, 0.15) is 37.3 Å². The van der Waals surface area contributed by atoms with Gasteiger partial charge in [-0.2, -0.15) is 0 Å². The molecule has 36 heavy (non-hydrogen) atoms. The Hall–Kier alpha value is -4.35. The maximum Gasteiger partial charge on any atom is 0.326 e. The van der Waals surface area contributed by atoms with Crippen LogP contribution >= 0.6 is 0 Å². The van der Waals surface area contributed by atoms with Crippen LogP contribution in [0.25, 0.3) is 0 Å². The second kappa shape index (κ2) is 12.9. The molecule has 2 aromatic rings. The second-order valence-corrected chi connectivity index (χ2v) is 7.88. The highest BCUT2D eigenvalue weighted by atomic mass is 19.1. The number of carboxylic acid groups (broad SMARTS) is 1. The lowest BCUT2D eigenvalue weighted by Gasteiger charge is -2.27. The van der Waals surface area contributed by atoms with Crippen LogP contribution in [0.3, 0.4) is 0 Å². The summed E-state index contributed by atoms with van der Waals surface area (Å²) < 4.78 is 18.5. The standard InChI is InChI=1S/C24H26FN3O8/c1-3-36-21(30)13-19(16-7-9-18(10-8-16)28(34)35)22(24(32)33)27-23(31)20(26-14(2)29)12-15-5-4-6-17(25)11-15/h4-11,19-20,22H,3,12-13H2,1-2H3,(H,26,29)(H,27,31)(H,32,33)/t19-,20-,22-/m0/s1. The van der Waals surface area contributed by atoms with E-state index in [0.29, 0.717) is 5.56 Å². The summed E-state index contributed by atoms with van der Waals surface area (Å²) in [6.45, 7) is 2.77. The van der Waals surface area contributed by atoms with E-state index in [9.17, 15) is 38.8 Å². The maximum atomic E-state index is 13.6. The quantitative estimate of drug-likeness (QED) is 0.225. The fraction of sp³-hybridized carbons (Fsp3) is 0.333. The number of nitrogens with one attached hydrogen (secondary N) is 2. The van der Waals surface area contributed by atoms with Gasteiger partial charge in [-0.15, -0.1) is 0 Å². The van der Waals surface area contributed by atoms with Crippen molar-refractivity contribution in [1.29, 1.82) is 0 Å². The van der Waals surface area contributed by atoms with Gasteiger partial charge in [-0.25, -0.2) is 9.18 Å². The van der Waals surface area contributed by atoms with Crippen molar-refractivity contribution in [3.63, 3.8) is 0 Å². The van der Waals surface area contributed by atoms with Gasteiger partial charge in [-0.05, 0) is 30.2 Å². The summed E-state index contributed by atoms with van der Waals surface area (Å²) in [6.07, 6.45) is -0.576. The molecule has 0 radical (unpaired) electrons. The molecule has 2 aromatic carbocycles. The van der Waals surface area contributed by atoms with Gasteiger partial charge in [0.25, 0.3) is 5.69 Å². The van der Waals surface area contributed by atoms with E-state index in [0.717, 1.165) is 12.1 Å². The van der Waals surface area contributed by atoms with E-state index in [1.807, 2.05) is 0 Å². The first-order valence-electron chi connectivity index (χ1n) is 11.0. The molecule has 0 aliphatic heterocycles. The maximum absolute atomic E-state index is 13.6. The van der Waals surface area contributed by atoms with Gasteiger partial charge in [-0.3, -0.25) is 24.5 Å². The molecule has 2 amide bonds. The fourth-order valence-corrected chi connectivity index (χ4v) is 3.61. The number of halogens is 1. The number of benzene rings is 2. The summed E-state index contributed by atoms with van der Waals surface area (Å²) in [5, 5.41) is 25.7. The van der Waals surface area contributed by atoms with Crippen molar-refractivity contribution in [3.05, 3.63) is 75.6 Å². The Labute approximate surface area is 205 Å². The number of nitro benzene ring substituents is 1. The first-order valence-corrected chi connectivity index (χ1v) is 11.0. The number of nitro groups is 1. The average molecular weight is 503 g/mol. The summed E-state index contributed by atoms with van der Waals surface area (Å²) in [6, 6.07) is 7.34. The van der Waals surface area contributed by atoms with Crippen molar-refractivity contribution in [2.24, 2.45) is 0 Å². The highest BCUT2D eigenvalue weighted by Gasteiger charge is 2.35. The largest absolute Gasteiger partial charge is 0.480 e. The van der Waals surface area contributed by atoms with Gasteiger partial charge in [0.1, 0.15) is 17.9 Å². The number of esters is 1. The third-order valence-corrected chi connectivity index (χ3v) is 5.21. The van der Waals surface area contributed by atoms with Gasteiger partial charge in [0, 0.05) is 31.4 Å². The van der Waals surface area contributed by atoms with Gasteiger partial charge in [0.05, 0.1) is 18.0 Å². The van der Waals surface area contributed by atoms with Crippen molar-refractivity contribution < 1.29 is 38.3 Å². The molecule has 0 heterocycles. The molecule has 3 N–H and O–H groups in total. The molecule has 0 aromatic heterocycles. The molecule has 192 valence electrons. The topological polar surface area (TPSA) is 165 Å². The van der Waals surface area contributed by atoms with Crippen LogP contribution in [0.5, 0.6) is 0 Å². The summed E-state index contributed by atoms with van der Waals surface area (Å²) in [4.78, 5) is 59.6. The molecular weight excluding hydrogens is 477 g/mol. The molecule has 0 bridgehead atoms. The van der Waals surface area contributed by atoms with E-state index in [1.54, 1.807) is 13.0 Å². The lowest BCUT2D eigenvalue weighted by molar-refractivity contribution is -0.384. The summed E-state index contributed by atoms with van der Waals surface area (Å²) in [7, 11) is 0. The van der Waals surface area contributed by atoms with Crippen LogP contribution in [-0.4, -0.2) is 52.5 Å². The van der Waals surface area contributed by atoms with E-state index < -0.39 is 58.9 Å². The smallest absolute Gasteiger partial charge is 0.326 e. The Morgan fingerprint density at radius 1 is 1.11 bits per heavy atom. The minimum atomic E-state index is -1.66. The molecule has 0 saturated heterocycles. The molecule has 2 rings (SSSR count). The Morgan fingerprint density at radius 2 is 1.78 bits per heavy atom. The first kappa shape index (κ1) is 27.9. The molecule has 0 spiro atoms. The van der Waals surface area contributed by atoms with Crippen LogP contribution in [0.4, 0.5) is 10.1 Å². The SMILES string of the molecule is CCOC(=O)C[C@@H](c1ccc([N+](=O)[O-])cc1)[C@H](NC(=O)[C@H](Cc1cccc(F)c1)NC(C)=O)C(=O)O. The Balaban J connectivity index is 2.38. The molecule has 3 atom stereocenters. The van der Waals surface area contributed by atoms with Gasteiger partial charge in [0.2, 0.25) is 11.8 Å². The first-order chi connectivity index (χ1) is 17.0. The lowest BCUT2D eigenvalue weighted by Crippen LogP contribution is -2.54. The number of non-ortho nitro benzene ring substituents is 1. The van der Waals surface area contributed by atoms with E-state index >= 15 is 0 Å². The molecule has 0 saturated carbocycles. The minimum absolute atomic E-state index is 0.0359. The van der Waals surface area contributed by atoms with Crippen molar-refractivity contribution in [1.82, 2.24) is 10.6 Å². The zero-order valence-electron chi connectivity index (χ0n) is 19.6. The van der Waals surface area contributed by atoms with Crippen LogP contribution in [0.15, 0.2) is 48.5 Å². The highest BCUT2D eigenvalue weighted by molar-refractivity contribution is 5.91. The number of aliphatic carboxylic acids is 1. The van der Waals surface area contributed by atoms with Crippen molar-refractivity contribution >= 4 is 29.4 Å². The summed E-state index contributed by atoms with van der Waals surface area (Å²) >= 11 is 0. The summed E-state index contributed by atoms with van der Waals surface area (Å²) in [5.74, 6) is -5.37. The fourth-order valence-electron chi connectivity index (χ4n) is 3.61. The van der Waals surface area contributed by atoms with Gasteiger partial charge >= 0.3 is 11.9 Å². The zero-order valence-corrected chi connectivity index (χ0v) is 19.6. The number of hydrogen-bond acceptors (Lipinski definition) is 7. The second-order valence-electron chi connectivity index (χ2n) is 7.88. The lowest BCUT2D eigenvalue weighted by atomic mass is 9.88. The highest BCUT2D eigenvalue weighted by Crippen LogP contribution is 2.27. The van der Waals surface area contributed by atoms with Crippen molar-refractivity contribution in [2.45, 2.75) is 44.7 Å². The summed E-state index contributed by atoms with van der Waals surface area (Å²) in [5.41, 5.74) is 0.377. The van der Waals surface area contributed by atoms with Gasteiger partial charge in [0.15, 0.2) is 0 Å². The predicted octanol–water partition coefficient (Wildman–Crippen LogP) is 2.09. The molecule has 0 unspecified atom stereocenters. The number of carboxylic acids is 1. The number of hydrogen-bond donors (Lipinski definition) is 3. The molecule has 12 heteroatoms. The predicted molar refractivity (Wildman–Crippen MR) is 124 cm³/mol. The third kappa shape index (κ3) is 8.15. The van der Waals surface area contributed by atoms with Crippen LogP contribution in [0, 0.1) is 15.9 Å². The molecule has 0 aliphatic rings. The average Bonchev–Trinajstić information content (AvgIpc) is 2.80. The number of carbonyl (C=O) groups excluding carboxylic acids is 3. The molecule has 0 fully saturated rings. The number of amides is 2. The third-order valence-electron chi connectivity index (χ3n) is 5.21.